The molecule has 2 saturated heterocycles. The van der Waals surface area contributed by atoms with Gasteiger partial charge in [-0.15, -0.1) is 0 Å². The van der Waals surface area contributed by atoms with Gasteiger partial charge in [0, 0.05) is 42.3 Å². The molecule has 2 aromatic carbocycles. The predicted octanol–water partition coefficient (Wildman–Crippen LogP) is 3.78. The summed E-state index contributed by atoms with van der Waals surface area (Å²) in [7, 11) is 0. The van der Waals surface area contributed by atoms with Gasteiger partial charge in [-0.1, -0.05) is 48.5 Å². The number of rotatable bonds is 6. The Labute approximate surface area is 202 Å². The monoisotopic (exact) mass is 475 g/mol. The fraction of sp³-hybridized carbons (Fsp3) is 0.269. The lowest BCUT2D eigenvalue weighted by Gasteiger charge is -2.27. The van der Waals surface area contributed by atoms with E-state index in [-0.39, 0.29) is 23.6 Å². The topological polar surface area (TPSA) is 71.9 Å². The molecule has 2 aliphatic rings. The van der Waals surface area contributed by atoms with Crippen LogP contribution in [0.1, 0.15) is 11.1 Å². The second-order valence-electron chi connectivity index (χ2n) is 8.29. The van der Waals surface area contributed by atoms with Gasteiger partial charge in [0.2, 0.25) is 5.91 Å². The SMILES string of the molecule is O=C(Cn1cc(/C=C2\SC(=O)N(CCc3ccccc3)C2=O)c2ccccc21)N1CCOCC1. The van der Waals surface area contributed by atoms with E-state index >= 15 is 0 Å². The van der Waals surface area contributed by atoms with Gasteiger partial charge in [-0.05, 0) is 35.9 Å². The maximum Gasteiger partial charge on any atom is 0.293 e. The van der Waals surface area contributed by atoms with Gasteiger partial charge in [0.15, 0.2) is 0 Å². The minimum absolute atomic E-state index is 0.0387. The number of imide groups is 1. The minimum Gasteiger partial charge on any atom is -0.378 e. The van der Waals surface area contributed by atoms with Crippen molar-refractivity contribution in [2.45, 2.75) is 13.0 Å². The van der Waals surface area contributed by atoms with Crippen molar-refractivity contribution in [2.24, 2.45) is 0 Å². The smallest absolute Gasteiger partial charge is 0.293 e. The molecule has 2 fully saturated rings. The van der Waals surface area contributed by atoms with Crippen LogP contribution in [0.4, 0.5) is 4.79 Å². The van der Waals surface area contributed by atoms with Gasteiger partial charge in [0.05, 0.1) is 18.1 Å². The average molecular weight is 476 g/mol. The van der Waals surface area contributed by atoms with Crippen LogP contribution in [0.15, 0.2) is 65.7 Å². The molecule has 0 atom stereocenters. The quantitative estimate of drug-likeness (QED) is 0.508. The number of carbonyl (C=O) groups excluding carboxylic acids is 3. The third-order valence-electron chi connectivity index (χ3n) is 6.12. The number of thioether (sulfide) groups is 1. The van der Waals surface area contributed by atoms with E-state index in [2.05, 4.69) is 0 Å². The van der Waals surface area contributed by atoms with Crippen molar-refractivity contribution in [1.82, 2.24) is 14.4 Å². The molecule has 0 spiro atoms. The largest absolute Gasteiger partial charge is 0.378 e. The number of aromatic nitrogens is 1. The van der Waals surface area contributed by atoms with Crippen LogP contribution in [0.2, 0.25) is 0 Å². The molecule has 0 bridgehead atoms. The Kier molecular flexibility index (Phi) is 6.51. The standard InChI is InChI=1S/C26H25N3O4S/c30-24(27-12-14-33-15-13-27)18-28-17-20(21-8-4-5-9-22(21)28)16-23-25(31)29(26(32)34-23)11-10-19-6-2-1-3-7-19/h1-9,16-17H,10-15,18H2/b23-16-. The van der Waals surface area contributed by atoms with Gasteiger partial charge < -0.3 is 14.2 Å². The van der Waals surface area contributed by atoms with Gasteiger partial charge in [-0.25, -0.2) is 0 Å². The molecule has 7 nitrogen and oxygen atoms in total. The second kappa shape index (κ2) is 9.87. The summed E-state index contributed by atoms with van der Waals surface area (Å²) in [4.78, 5) is 41.9. The summed E-state index contributed by atoms with van der Waals surface area (Å²) in [5.74, 6) is -0.232. The third kappa shape index (κ3) is 4.64. The summed E-state index contributed by atoms with van der Waals surface area (Å²) in [6, 6.07) is 17.6. The van der Waals surface area contributed by atoms with Crippen molar-refractivity contribution >= 4 is 45.8 Å². The number of hydrogen-bond acceptors (Lipinski definition) is 5. The molecule has 3 amide bonds. The van der Waals surface area contributed by atoms with Crippen LogP contribution in [-0.4, -0.2) is 64.3 Å². The molecule has 34 heavy (non-hydrogen) atoms. The highest BCUT2D eigenvalue weighted by Gasteiger charge is 2.34. The summed E-state index contributed by atoms with van der Waals surface area (Å²) < 4.78 is 7.26. The van der Waals surface area contributed by atoms with Crippen LogP contribution >= 0.6 is 11.8 Å². The van der Waals surface area contributed by atoms with Crippen molar-refractivity contribution < 1.29 is 19.1 Å². The maximum absolute atomic E-state index is 13.0. The fourth-order valence-corrected chi connectivity index (χ4v) is 5.15. The first-order valence-corrected chi connectivity index (χ1v) is 12.1. The van der Waals surface area contributed by atoms with E-state index in [0.29, 0.717) is 44.2 Å². The lowest BCUT2D eigenvalue weighted by atomic mass is 10.1. The summed E-state index contributed by atoms with van der Waals surface area (Å²) in [5, 5.41) is 0.687. The van der Waals surface area contributed by atoms with Crippen LogP contribution in [-0.2, 0) is 27.3 Å². The normalized spacial score (nSPS) is 17.8. The number of fused-ring (bicyclic) bond motifs is 1. The summed E-state index contributed by atoms with van der Waals surface area (Å²) in [6.45, 7) is 2.88. The molecule has 0 radical (unpaired) electrons. The number of hydrogen-bond donors (Lipinski definition) is 0. The first-order chi connectivity index (χ1) is 16.6. The molecule has 0 N–H and O–H groups in total. The van der Waals surface area contributed by atoms with E-state index in [1.54, 1.807) is 6.08 Å². The Bertz CT molecular complexity index is 1260. The average Bonchev–Trinajstić information content (AvgIpc) is 3.35. The van der Waals surface area contributed by atoms with Crippen LogP contribution in [0.5, 0.6) is 0 Å². The van der Waals surface area contributed by atoms with Gasteiger partial charge in [0.1, 0.15) is 6.54 Å². The fourth-order valence-electron chi connectivity index (χ4n) is 4.30. The van der Waals surface area contributed by atoms with E-state index in [1.807, 2.05) is 70.3 Å². The summed E-state index contributed by atoms with van der Waals surface area (Å²) in [5.41, 5.74) is 2.82. The Morgan fingerprint density at radius 1 is 1.00 bits per heavy atom. The molecule has 3 heterocycles. The number of amides is 3. The van der Waals surface area contributed by atoms with Crippen LogP contribution in [0.3, 0.4) is 0 Å². The number of nitrogens with zero attached hydrogens (tertiary/aromatic N) is 3. The van der Waals surface area contributed by atoms with E-state index in [1.165, 1.54) is 4.90 Å². The highest BCUT2D eigenvalue weighted by molar-refractivity contribution is 8.18. The van der Waals surface area contributed by atoms with Crippen molar-refractivity contribution in [2.75, 3.05) is 32.8 Å². The summed E-state index contributed by atoms with van der Waals surface area (Å²) >= 11 is 0.966. The Balaban J connectivity index is 1.36. The lowest BCUT2D eigenvalue weighted by molar-refractivity contribution is -0.135. The molecule has 0 unspecified atom stereocenters. The molecular formula is C26H25N3O4S. The molecule has 2 aliphatic heterocycles. The minimum atomic E-state index is -0.271. The lowest BCUT2D eigenvalue weighted by Crippen LogP contribution is -2.42. The summed E-state index contributed by atoms with van der Waals surface area (Å²) in [6.07, 6.45) is 4.28. The van der Waals surface area contributed by atoms with Crippen LogP contribution in [0.25, 0.3) is 17.0 Å². The third-order valence-corrected chi connectivity index (χ3v) is 7.02. The predicted molar refractivity (Wildman–Crippen MR) is 132 cm³/mol. The first-order valence-electron chi connectivity index (χ1n) is 11.3. The number of para-hydroxylation sites is 1. The zero-order chi connectivity index (χ0) is 23.5. The number of morpholine rings is 1. The van der Waals surface area contributed by atoms with E-state index < -0.39 is 0 Å². The van der Waals surface area contributed by atoms with Crippen LogP contribution < -0.4 is 0 Å². The number of ether oxygens (including phenoxy) is 1. The maximum atomic E-state index is 13.0. The zero-order valence-corrected chi connectivity index (χ0v) is 19.5. The highest BCUT2D eigenvalue weighted by Crippen LogP contribution is 2.34. The van der Waals surface area contributed by atoms with Crippen molar-refractivity contribution in [3.8, 4) is 0 Å². The molecular weight excluding hydrogens is 450 g/mol. The van der Waals surface area contributed by atoms with Crippen molar-refractivity contribution in [1.29, 1.82) is 0 Å². The highest BCUT2D eigenvalue weighted by atomic mass is 32.2. The molecule has 0 aliphatic carbocycles. The van der Waals surface area contributed by atoms with Crippen molar-refractivity contribution in [3.63, 3.8) is 0 Å². The first kappa shape index (κ1) is 22.4. The van der Waals surface area contributed by atoms with E-state index in [0.717, 1.165) is 33.8 Å². The zero-order valence-electron chi connectivity index (χ0n) is 18.7. The van der Waals surface area contributed by atoms with E-state index in [4.69, 9.17) is 4.74 Å². The van der Waals surface area contributed by atoms with Gasteiger partial charge in [0.25, 0.3) is 11.1 Å². The van der Waals surface area contributed by atoms with E-state index in [9.17, 15) is 14.4 Å². The molecule has 5 rings (SSSR count). The van der Waals surface area contributed by atoms with Gasteiger partial charge in [-0.2, -0.15) is 0 Å². The Morgan fingerprint density at radius 2 is 1.74 bits per heavy atom. The molecule has 8 heteroatoms. The number of benzene rings is 2. The van der Waals surface area contributed by atoms with Crippen molar-refractivity contribution in [3.05, 3.63) is 76.8 Å². The Morgan fingerprint density at radius 3 is 2.53 bits per heavy atom. The van der Waals surface area contributed by atoms with Gasteiger partial charge in [-0.3, -0.25) is 19.3 Å². The Hall–Kier alpha value is -3.36. The molecule has 1 aromatic heterocycles. The number of carbonyl (C=O) groups is 3. The van der Waals surface area contributed by atoms with Gasteiger partial charge >= 0.3 is 0 Å². The molecule has 0 saturated carbocycles. The second-order valence-corrected chi connectivity index (χ2v) is 9.28. The van der Waals surface area contributed by atoms with Crippen LogP contribution in [0, 0.1) is 0 Å². The molecule has 3 aromatic rings. The molecule has 174 valence electrons.